The van der Waals surface area contributed by atoms with Crippen LogP contribution in [0.15, 0.2) is 12.3 Å². The number of hydrogen-bond acceptors (Lipinski definition) is 7. The number of carbonyl (C=O) groups excluding carboxylic acids is 1. The van der Waals surface area contributed by atoms with Gasteiger partial charge in [0.1, 0.15) is 27.4 Å². The summed E-state index contributed by atoms with van der Waals surface area (Å²) in [6.45, 7) is 1.55. The highest BCUT2D eigenvalue weighted by Crippen LogP contribution is 2.48. The summed E-state index contributed by atoms with van der Waals surface area (Å²) >= 11 is 13.1. The van der Waals surface area contributed by atoms with Gasteiger partial charge in [-0.3, -0.25) is 9.80 Å². The smallest absolute Gasteiger partial charge is 0.330 e. The van der Waals surface area contributed by atoms with E-state index >= 15 is 0 Å². The van der Waals surface area contributed by atoms with Crippen LogP contribution in [-0.2, 0) is 6.54 Å². The van der Waals surface area contributed by atoms with E-state index < -0.39 is 0 Å². The number of methoxy groups -OCH3 is 2. The molecule has 4 rings (SSSR count). The molecule has 2 aliphatic heterocycles. The van der Waals surface area contributed by atoms with Crippen molar-refractivity contribution in [2.24, 2.45) is 0 Å². The molecule has 1 saturated heterocycles. The third-order valence-electron chi connectivity index (χ3n) is 5.00. The molecule has 2 amide bonds. The van der Waals surface area contributed by atoms with Crippen molar-refractivity contribution in [3.63, 3.8) is 0 Å². The van der Waals surface area contributed by atoms with Gasteiger partial charge in [0.25, 0.3) is 0 Å². The number of ether oxygens (including phenoxy) is 2. The number of rotatable bonds is 5. The second-order valence-electron chi connectivity index (χ2n) is 6.60. The summed E-state index contributed by atoms with van der Waals surface area (Å²) in [4.78, 5) is 25.6. The summed E-state index contributed by atoms with van der Waals surface area (Å²) in [5.41, 5.74) is 1.11. The normalized spacial score (nSPS) is 16.4. The van der Waals surface area contributed by atoms with Gasteiger partial charge < -0.3 is 20.1 Å². The number of carbonyl (C=O) groups is 1. The maximum atomic E-state index is 13.6. The Kier molecular flexibility index (Phi) is 5.28. The average molecular weight is 439 g/mol. The lowest BCUT2D eigenvalue weighted by Gasteiger charge is -2.44. The van der Waals surface area contributed by atoms with Gasteiger partial charge in [-0.15, -0.1) is 0 Å². The standard InChI is InChI=1S/C18H20Cl2N6O3/c1-21-17-23-5-9-8-25(18(27)26(16(9)24-17)10-6-22-7-10)15-13(19)11(28-2)4-12(29-3)14(15)20/h4-5,10,22H,6-8H2,1-3H3,(H,21,23,24). The first-order chi connectivity index (χ1) is 14.0. The van der Waals surface area contributed by atoms with Crippen LogP contribution in [0.25, 0.3) is 0 Å². The molecule has 9 nitrogen and oxygen atoms in total. The predicted molar refractivity (Wildman–Crippen MR) is 112 cm³/mol. The molecule has 2 N–H and O–H groups in total. The second kappa shape index (κ2) is 7.74. The fourth-order valence-corrected chi connectivity index (χ4v) is 4.07. The van der Waals surface area contributed by atoms with Crippen LogP contribution in [0, 0.1) is 0 Å². The van der Waals surface area contributed by atoms with Gasteiger partial charge >= 0.3 is 6.03 Å². The van der Waals surface area contributed by atoms with Crippen LogP contribution >= 0.6 is 23.2 Å². The number of benzene rings is 1. The van der Waals surface area contributed by atoms with Crippen LogP contribution in [-0.4, -0.2) is 56.4 Å². The summed E-state index contributed by atoms with van der Waals surface area (Å²) in [6.07, 6.45) is 1.70. The number of anilines is 3. The van der Waals surface area contributed by atoms with Crippen LogP contribution < -0.4 is 29.9 Å². The van der Waals surface area contributed by atoms with Gasteiger partial charge in [-0.05, 0) is 0 Å². The summed E-state index contributed by atoms with van der Waals surface area (Å²) in [5, 5.41) is 6.56. The first-order valence-corrected chi connectivity index (χ1v) is 9.70. The maximum absolute atomic E-state index is 13.6. The minimum atomic E-state index is -0.274. The molecular weight excluding hydrogens is 419 g/mol. The fraction of sp³-hybridized carbons (Fsp3) is 0.389. The van der Waals surface area contributed by atoms with Gasteiger partial charge in [0.15, 0.2) is 0 Å². The summed E-state index contributed by atoms with van der Waals surface area (Å²) in [7, 11) is 4.71. The van der Waals surface area contributed by atoms with E-state index in [0.29, 0.717) is 42.0 Å². The fourth-order valence-electron chi connectivity index (χ4n) is 3.37. The minimum Gasteiger partial charge on any atom is -0.495 e. The first-order valence-electron chi connectivity index (χ1n) is 8.95. The van der Waals surface area contributed by atoms with Crippen LogP contribution in [0.4, 0.5) is 22.2 Å². The zero-order chi connectivity index (χ0) is 20.7. The SMILES string of the molecule is CNc1ncc2c(n1)N(C1CNC1)C(=O)N(c1c(Cl)c(OC)cc(OC)c1Cl)C2. The molecule has 11 heteroatoms. The Labute approximate surface area is 177 Å². The Bertz CT molecular complexity index is 941. The van der Waals surface area contributed by atoms with E-state index in [1.165, 1.54) is 19.1 Å². The Morgan fingerprint density at radius 1 is 1.21 bits per heavy atom. The Morgan fingerprint density at radius 2 is 1.86 bits per heavy atom. The number of fused-ring (bicyclic) bond motifs is 1. The van der Waals surface area contributed by atoms with E-state index in [-0.39, 0.29) is 28.7 Å². The molecule has 2 aliphatic rings. The topological polar surface area (TPSA) is 91.9 Å². The zero-order valence-corrected chi connectivity index (χ0v) is 17.6. The Balaban J connectivity index is 1.87. The summed E-state index contributed by atoms with van der Waals surface area (Å²) < 4.78 is 10.7. The summed E-state index contributed by atoms with van der Waals surface area (Å²) in [6, 6.07) is 1.28. The molecule has 1 fully saturated rings. The largest absolute Gasteiger partial charge is 0.495 e. The van der Waals surface area contributed by atoms with Gasteiger partial charge in [-0.2, -0.15) is 4.98 Å². The molecule has 0 radical (unpaired) electrons. The quantitative estimate of drug-likeness (QED) is 0.740. The number of amides is 2. The maximum Gasteiger partial charge on any atom is 0.330 e. The van der Waals surface area contributed by atoms with Gasteiger partial charge in [-0.25, -0.2) is 9.78 Å². The van der Waals surface area contributed by atoms with Crippen molar-refractivity contribution in [2.45, 2.75) is 12.6 Å². The highest BCUT2D eigenvalue weighted by Gasteiger charge is 2.41. The molecule has 1 aromatic heterocycles. The molecule has 0 spiro atoms. The monoisotopic (exact) mass is 438 g/mol. The number of halogens is 2. The molecule has 0 bridgehead atoms. The van der Waals surface area contributed by atoms with Crippen molar-refractivity contribution in [3.05, 3.63) is 27.9 Å². The molecule has 0 aliphatic carbocycles. The van der Waals surface area contributed by atoms with Crippen LogP contribution in [0.5, 0.6) is 11.5 Å². The molecule has 3 heterocycles. The molecule has 1 aromatic carbocycles. The van der Waals surface area contributed by atoms with Gasteiger partial charge in [0.05, 0.1) is 32.5 Å². The van der Waals surface area contributed by atoms with E-state index in [1.54, 1.807) is 24.2 Å². The third-order valence-corrected chi connectivity index (χ3v) is 5.73. The lowest BCUT2D eigenvalue weighted by molar-refractivity contribution is 0.243. The lowest BCUT2D eigenvalue weighted by Crippen LogP contribution is -2.63. The lowest BCUT2D eigenvalue weighted by atomic mass is 10.1. The van der Waals surface area contributed by atoms with Crippen molar-refractivity contribution in [3.8, 4) is 11.5 Å². The van der Waals surface area contributed by atoms with Gasteiger partial charge in [-0.1, -0.05) is 23.2 Å². The first kappa shape index (κ1) is 19.8. The number of hydrogen-bond donors (Lipinski definition) is 2. The molecule has 29 heavy (non-hydrogen) atoms. The second-order valence-corrected chi connectivity index (χ2v) is 7.36. The van der Waals surface area contributed by atoms with Crippen molar-refractivity contribution < 1.29 is 14.3 Å². The van der Waals surface area contributed by atoms with E-state index in [1.807, 2.05) is 0 Å². The third kappa shape index (κ3) is 3.19. The van der Waals surface area contributed by atoms with Gasteiger partial charge in [0.2, 0.25) is 5.95 Å². The number of nitrogens with zero attached hydrogens (tertiary/aromatic N) is 4. The van der Waals surface area contributed by atoms with Crippen molar-refractivity contribution in [1.29, 1.82) is 0 Å². The molecular formula is C18H20Cl2N6O3. The molecule has 0 unspecified atom stereocenters. The van der Waals surface area contributed by atoms with Gasteiger partial charge in [0, 0.05) is 38.0 Å². The average Bonchev–Trinajstić information content (AvgIpc) is 2.69. The van der Waals surface area contributed by atoms with Crippen molar-refractivity contribution in [1.82, 2.24) is 15.3 Å². The van der Waals surface area contributed by atoms with Crippen molar-refractivity contribution in [2.75, 3.05) is 49.5 Å². The van der Waals surface area contributed by atoms with Crippen LogP contribution in [0.1, 0.15) is 5.56 Å². The van der Waals surface area contributed by atoms with Crippen LogP contribution in [0.3, 0.4) is 0 Å². The molecule has 0 atom stereocenters. The zero-order valence-electron chi connectivity index (χ0n) is 16.1. The summed E-state index contributed by atoms with van der Waals surface area (Å²) in [5.74, 6) is 1.75. The predicted octanol–water partition coefficient (Wildman–Crippen LogP) is 2.76. The number of urea groups is 1. The van der Waals surface area contributed by atoms with E-state index in [9.17, 15) is 4.79 Å². The van der Waals surface area contributed by atoms with E-state index in [2.05, 4.69) is 20.6 Å². The minimum absolute atomic E-state index is 0.0336. The van der Waals surface area contributed by atoms with Crippen molar-refractivity contribution >= 4 is 46.7 Å². The highest BCUT2D eigenvalue weighted by molar-refractivity contribution is 6.42. The molecule has 0 saturated carbocycles. The number of nitrogens with one attached hydrogen (secondary N) is 2. The van der Waals surface area contributed by atoms with E-state index in [0.717, 1.165) is 5.56 Å². The molecule has 2 aromatic rings. The Hall–Kier alpha value is -2.49. The highest BCUT2D eigenvalue weighted by atomic mass is 35.5. The molecule has 154 valence electrons. The number of aromatic nitrogens is 2. The van der Waals surface area contributed by atoms with E-state index in [4.69, 9.17) is 32.7 Å². The Morgan fingerprint density at radius 3 is 2.38 bits per heavy atom. The van der Waals surface area contributed by atoms with Crippen LogP contribution in [0.2, 0.25) is 10.0 Å².